The van der Waals surface area contributed by atoms with Gasteiger partial charge in [-0.1, -0.05) is 48.1 Å². The summed E-state index contributed by atoms with van der Waals surface area (Å²) in [5.41, 5.74) is 4.70. The number of hydrazine groups is 1. The molecule has 2 aromatic rings. The van der Waals surface area contributed by atoms with Gasteiger partial charge < -0.3 is 0 Å². The third-order valence-corrected chi connectivity index (χ3v) is 3.88. The lowest BCUT2D eigenvalue weighted by Crippen LogP contribution is -2.29. The molecule has 4 nitrogen and oxygen atoms in total. The van der Waals surface area contributed by atoms with Gasteiger partial charge in [0.1, 0.15) is 0 Å². The van der Waals surface area contributed by atoms with E-state index in [0.717, 1.165) is 16.1 Å². The molecule has 18 heavy (non-hydrogen) atoms. The van der Waals surface area contributed by atoms with Crippen LogP contribution >= 0.6 is 23.1 Å². The van der Waals surface area contributed by atoms with Crippen LogP contribution in [0.5, 0.6) is 0 Å². The molecule has 1 heterocycles. The number of nitrogens with one attached hydrogen (secondary N) is 1. The van der Waals surface area contributed by atoms with E-state index in [2.05, 4.69) is 28.9 Å². The first-order chi connectivity index (χ1) is 8.65. The van der Waals surface area contributed by atoms with E-state index in [9.17, 15) is 0 Å². The Morgan fingerprint density at radius 2 is 2.06 bits per heavy atom. The molecule has 0 aliphatic heterocycles. The summed E-state index contributed by atoms with van der Waals surface area (Å²) in [6.45, 7) is 4.17. The van der Waals surface area contributed by atoms with Gasteiger partial charge in [-0.3, -0.25) is 5.84 Å². The number of aromatic nitrogens is 2. The molecule has 0 saturated heterocycles. The van der Waals surface area contributed by atoms with Crippen molar-refractivity contribution < 1.29 is 0 Å². The van der Waals surface area contributed by atoms with Crippen molar-refractivity contribution in [1.29, 1.82) is 0 Å². The molecule has 0 bridgehead atoms. The lowest BCUT2D eigenvalue weighted by molar-refractivity contribution is 0.631. The Kier molecular flexibility index (Phi) is 4.29. The molecule has 1 aromatic carbocycles. The highest BCUT2D eigenvalue weighted by Gasteiger charge is 2.23. The van der Waals surface area contributed by atoms with Crippen molar-refractivity contribution >= 4 is 23.1 Å². The van der Waals surface area contributed by atoms with Crippen molar-refractivity contribution in [3.8, 4) is 0 Å². The van der Waals surface area contributed by atoms with Crippen molar-refractivity contribution in [2.75, 3.05) is 0 Å². The molecule has 3 N–H and O–H groups in total. The summed E-state index contributed by atoms with van der Waals surface area (Å²) in [5.74, 6) is 5.98. The van der Waals surface area contributed by atoms with Crippen molar-refractivity contribution in [3.05, 3.63) is 45.4 Å². The van der Waals surface area contributed by atoms with E-state index >= 15 is 0 Å². The van der Waals surface area contributed by atoms with Crippen molar-refractivity contribution in [3.63, 3.8) is 0 Å². The second kappa shape index (κ2) is 5.75. The van der Waals surface area contributed by atoms with E-state index < -0.39 is 0 Å². The third-order valence-electron chi connectivity index (χ3n) is 2.73. The minimum Gasteiger partial charge on any atom is -0.271 e. The molecular formula is C12H15ClN4S. The molecule has 6 heteroatoms. The topological polar surface area (TPSA) is 63.8 Å². The van der Waals surface area contributed by atoms with E-state index in [0.29, 0.717) is 10.9 Å². The molecule has 1 unspecified atom stereocenters. The molecule has 96 valence electrons. The Labute approximate surface area is 115 Å². The number of rotatable bonds is 4. The molecule has 0 aliphatic carbocycles. The minimum absolute atomic E-state index is 0.170. The van der Waals surface area contributed by atoms with Crippen LogP contribution in [0, 0.1) is 0 Å². The summed E-state index contributed by atoms with van der Waals surface area (Å²) in [6, 6.07) is 7.47. The van der Waals surface area contributed by atoms with Gasteiger partial charge in [-0.05, 0) is 29.1 Å². The van der Waals surface area contributed by atoms with Gasteiger partial charge in [0.2, 0.25) is 0 Å². The SMILES string of the molecule is CC(C)c1nnsc1C(NN)c1ccccc1Cl. The summed E-state index contributed by atoms with van der Waals surface area (Å²) in [6.07, 6.45) is 0. The first-order valence-electron chi connectivity index (χ1n) is 5.67. The maximum Gasteiger partial charge on any atom is 0.0852 e. The number of benzene rings is 1. The van der Waals surface area contributed by atoms with E-state index in [1.807, 2.05) is 24.3 Å². The lowest BCUT2D eigenvalue weighted by atomic mass is 10.0. The predicted octanol–water partition coefficient (Wildman–Crippen LogP) is 2.87. The fraction of sp³-hybridized carbons (Fsp3) is 0.333. The zero-order chi connectivity index (χ0) is 13.1. The summed E-state index contributed by atoms with van der Waals surface area (Å²) < 4.78 is 4.02. The van der Waals surface area contributed by atoms with Crippen LogP contribution in [0.1, 0.15) is 41.9 Å². The second-order valence-electron chi connectivity index (χ2n) is 4.30. The van der Waals surface area contributed by atoms with Gasteiger partial charge in [0, 0.05) is 5.02 Å². The Bertz CT molecular complexity index is 526. The van der Waals surface area contributed by atoms with Crippen LogP contribution in [0.4, 0.5) is 0 Å². The van der Waals surface area contributed by atoms with Crippen molar-refractivity contribution in [2.45, 2.75) is 25.8 Å². The standard InChI is InChI=1S/C12H15ClN4S/c1-7(2)10-12(18-17-16-10)11(15-14)8-5-3-4-6-9(8)13/h3-7,11,15H,14H2,1-2H3. The van der Waals surface area contributed by atoms with Crippen LogP contribution in [0.2, 0.25) is 5.02 Å². The van der Waals surface area contributed by atoms with E-state index in [1.54, 1.807) is 0 Å². The van der Waals surface area contributed by atoms with Crippen LogP contribution in [-0.4, -0.2) is 9.59 Å². The maximum absolute atomic E-state index is 6.21. The molecule has 1 aromatic heterocycles. The molecule has 0 radical (unpaired) electrons. The van der Waals surface area contributed by atoms with Gasteiger partial charge >= 0.3 is 0 Å². The normalized spacial score (nSPS) is 12.9. The van der Waals surface area contributed by atoms with Crippen molar-refractivity contribution in [2.24, 2.45) is 5.84 Å². The smallest absolute Gasteiger partial charge is 0.0852 e. The fourth-order valence-electron chi connectivity index (χ4n) is 1.82. The first kappa shape index (κ1) is 13.4. The van der Waals surface area contributed by atoms with E-state index in [-0.39, 0.29) is 6.04 Å². The number of nitrogens with two attached hydrogens (primary N) is 1. The van der Waals surface area contributed by atoms with Crippen LogP contribution in [-0.2, 0) is 0 Å². The molecule has 0 amide bonds. The highest BCUT2D eigenvalue weighted by molar-refractivity contribution is 7.05. The van der Waals surface area contributed by atoms with Crippen LogP contribution in [0.15, 0.2) is 24.3 Å². The third kappa shape index (κ3) is 2.54. The average molecular weight is 283 g/mol. The number of nitrogens with zero attached hydrogens (tertiary/aromatic N) is 2. The van der Waals surface area contributed by atoms with Gasteiger partial charge in [0.05, 0.1) is 16.6 Å². The van der Waals surface area contributed by atoms with E-state index in [4.69, 9.17) is 17.4 Å². The Morgan fingerprint density at radius 1 is 1.33 bits per heavy atom. The predicted molar refractivity (Wildman–Crippen MR) is 74.6 cm³/mol. The van der Waals surface area contributed by atoms with Crippen LogP contribution < -0.4 is 11.3 Å². The molecule has 2 rings (SSSR count). The van der Waals surface area contributed by atoms with Gasteiger partial charge in [-0.15, -0.1) is 5.10 Å². The largest absolute Gasteiger partial charge is 0.271 e. The highest BCUT2D eigenvalue weighted by atomic mass is 35.5. The number of hydrogen-bond donors (Lipinski definition) is 2. The molecule has 0 aliphatic rings. The first-order valence-corrected chi connectivity index (χ1v) is 6.83. The molecular weight excluding hydrogens is 268 g/mol. The summed E-state index contributed by atoms with van der Waals surface area (Å²) in [5, 5.41) is 4.85. The minimum atomic E-state index is -0.170. The van der Waals surface area contributed by atoms with Gasteiger partial charge in [-0.2, -0.15) is 0 Å². The molecule has 0 spiro atoms. The van der Waals surface area contributed by atoms with Crippen LogP contribution in [0.25, 0.3) is 0 Å². The van der Waals surface area contributed by atoms with Gasteiger partial charge in [0.25, 0.3) is 0 Å². The van der Waals surface area contributed by atoms with Crippen LogP contribution in [0.3, 0.4) is 0 Å². The maximum atomic E-state index is 6.21. The average Bonchev–Trinajstić information content (AvgIpc) is 2.82. The molecule has 0 saturated carbocycles. The van der Waals surface area contributed by atoms with Gasteiger partial charge in [0.15, 0.2) is 0 Å². The van der Waals surface area contributed by atoms with Crippen molar-refractivity contribution in [1.82, 2.24) is 15.0 Å². The zero-order valence-corrected chi connectivity index (χ0v) is 11.8. The highest BCUT2D eigenvalue weighted by Crippen LogP contribution is 2.33. The molecule has 1 atom stereocenters. The Morgan fingerprint density at radius 3 is 2.67 bits per heavy atom. The Balaban J connectivity index is 2.46. The number of halogens is 1. The summed E-state index contributed by atoms with van der Waals surface area (Å²) >= 11 is 7.57. The quantitative estimate of drug-likeness (QED) is 0.669. The second-order valence-corrected chi connectivity index (χ2v) is 5.49. The molecule has 0 fully saturated rings. The van der Waals surface area contributed by atoms with E-state index in [1.165, 1.54) is 11.5 Å². The zero-order valence-electron chi connectivity index (χ0n) is 10.2. The lowest BCUT2D eigenvalue weighted by Gasteiger charge is -2.17. The number of hydrogen-bond acceptors (Lipinski definition) is 5. The summed E-state index contributed by atoms with van der Waals surface area (Å²) in [7, 11) is 0. The monoisotopic (exact) mass is 282 g/mol. The fourth-order valence-corrected chi connectivity index (χ4v) is 2.95. The Hall–Kier alpha value is -1.01. The van der Waals surface area contributed by atoms with Gasteiger partial charge in [-0.25, -0.2) is 5.43 Å². The summed E-state index contributed by atoms with van der Waals surface area (Å²) in [4.78, 5) is 1.01.